The first kappa shape index (κ1) is 20.4. The Morgan fingerprint density at radius 1 is 1.32 bits per heavy atom. The van der Waals surface area contributed by atoms with Crippen LogP contribution in [0.5, 0.6) is 0 Å². The molecule has 0 bridgehead atoms. The van der Waals surface area contributed by atoms with Crippen LogP contribution >= 0.6 is 0 Å². The Balaban J connectivity index is 1.91. The summed E-state index contributed by atoms with van der Waals surface area (Å²) in [7, 11) is 0. The zero-order valence-electron chi connectivity index (χ0n) is 15.7. The smallest absolute Gasteiger partial charge is 0.416 e. The minimum Gasteiger partial charge on any atom is -0.444 e. The number of nitrogens with one attached hydrogen (secondary N) is 2. The van der Waals surface area contributed by atoms with Crippen LogP contribution in [0, 0.1) is 0 Å². The number of hydrogen-bond donors (Lipinski definition) is 2. The van der Waals surface area contributed by atoms with E-state index in [0.29, 0.717) is 18.7 Å². The third kappa shape index (κ3) is 4.93. The number of alkyl halides is 3. The van der Waals surface area contributed by atoms with E-state index in [-0.39, 0.29) is 17.9 Å². The van der Waals surface area contributed by atoms with Gasteiger partial charge in [0.1, 0.15) is 23.6 Å². The number of halogens is 3. The topological polar surface area (TPSA) is 85.5 Å². The number of carbonyl (C=O) groups is 1. The predicted molar refractivity (Wildman–Crippen MR) is 93.8 cm³/mol. The van der Waals surface area contributed by atoms with E-state index in [1.807, 2.05) is 0 Å². The number of alkyl carbamates (subject to hydrolysis) is 1. The van der Waals surface area contributed by atoms with Crippen LogP contribution in [0.4, 0.5) is 18.0 Å². The zero-order chi connectivity index (χ0) is 20.5. The Morgan fingerprint density at radius 2 is 2.07 bits per heavy atom. The van der Waals surface area contributed by atoms with Crippen LogP contribution in [0.25, 0.3) is 11.0 Å². The lowest BCUT2D eigenvalue weighted by Crippen LogP contribution is -2.44. The normalized spacial score (nSPS) is 19.4. The average Bonchev–Trinajstić information content (AvgIpc) is 3.01. The maximum atomic E-state index is 13.0. The van der Waals surface area contributed by atoms with Crippen LogP contribution in [0.3, 0.4) is 0 Å². The molecule has 3 rings (SSSR count). The predicted octanol–water partition coefficient (Wildman–Crippen LogP) is 3.56. The van der Waals surface area contributed by atoms with Crippen LogP contribution in [0.15, 0.2) is 18.2 Å². The van der Waals surface area contributed by atoms with Crippen LogP contribution in [-0.2, 0) is 20.4 Å². The summed E-state index contributed by atoms with van der Waals surface area (Å²) in [4.78, 5) is 19.5. The summed E-state index contributed by atoms with van der Waals surface area (Å²) in [6.07, 6.45) is -5.72. The Hall–Kier alpha value is -2.33. The highest BCUT2D eigenvalue weighted by atomic mass is 19.4. The van der Waals surface area contributed by atoms with Gasteiger partial charge in [-0.05, 0) is 39.0 Å². The zero-order valence-corrected chi connectivity index (χ0v) is 15.7. The Morgan fingerprint density at radius 3 is 2.68 bits per heavy atom. The lowest BCUT2D eigenvalue weighted by atomic mass is 10.1. The average molecular weight is 401 g/mol. The van der Waals surface area contributed by atoms with Crippen molar-refractivity contribution in [1.82, 2.24) is 15.3 Å². The lowest BCUT2D eigenvalue weighted by molar-refractivity contribution is -0.137. The SMILES string of the molecule is CC(C)(C)OC(=O)N[C@H](c1nc2ccc(C(F)(F)F)cc2[nH]1)[C@H]1COCCO1. The molecule has 1 aromatic carbocycles. The van der Waals surface area contributed by atoms with Crippen molar-refractivity contribution in [2.45, 2.75) is 44.7 Å². The largest absolute Gasteiger partial charge is 0.444 e. The molecule has 0 radical (unpaired) electrons. The fourth-order valence-electron chi connectivity index (χ4n) is 2.82. The highest BCUT2D eigenvalue weighted by molar-refractivity contribution is 5.76. The number of benzene rings is 1. The summed E-state index contributed by atoms with van der Waals surface area (Å²) in [5, 5.41) is 2.68. The van der Waals surface area contributed by atoms with Gasteiger partial charge in [-0.2, -0.15) is 13.2 Å². The first-order chi connectivity index (χ1) is 13.0. The second-order valence-corrected chi connectivity index (χ2v) is 7.46. The fourth-order valence-corrected chi connectivity index (χ4v) is 2.82. The minimum absolute atomic E-state index is 0.200. The van der Waals surface area contributed by atoms with Crippen molar-refractivity contribution in [2.75, 3.05) is 19.8 Å². The van der Waals surface area contributed by atoms with Gasteiger partial charge >= 0.3 is 12.3 Å². The molecule has 28 heavy (non-hydrogen) atoms. The second-order valence-electron chi connectivity index (χ2n) is 7.46. The minimum atomic E-state index is -4.46. The van der Waals surface area contributed by atoms with Gasteiger partial charge in [0.05, 0.1) is 36.4 Å². The van der Waals surface area contributed by atoms with Gasteiger partial charge in [-0.1, -0.05) is 0 Å². The highest BCUT2D eigenvalue weighted by Gasteiger charge is 2.34. The van der Waals surface area contributed by atoms with E-state index in [9.17, 15) is 18.0 Å². The molecule has 1 aromatic heterocycles. The van der Waals surface area contributed by atoms with Crippen molar-refractivity contribution in [3.8, 4) is 0 Å². The monoisotopic (exact) mass is 401 g/mol. The number of aromatic amines is 1. The summed E-state index contributed by atoms with van der Waals surface area (Å²) in [5.74, 6) is 0.260. The molecule has 1 aliphatic heterocycles. The molecule has 2 aromatic rings. The molecular weight excluding hydrogens is 379 g/mol. The van der Waals surface area contributed by atoms with Crippen molar-refractivity contribution in [3.05, 3.63) is 29.6 Å². The van der Waals surface area contributed by atoms with E-state index in [1.165, 1.54) is 6.07 Å². The van der Waals surface area contributed by atoms with Crippen LogP contribution in [0.2, 0.25) is 0 Å². The van der Waals surface area contributed by atoms with E-state index >= 15 is 0 Å². The molecule has 1 fully saturated rings. The number of imidazole rings is 1. The number of fused-ring (bicyclic) bond motifs is 1. The van der Waals surface area contributed by atoms with Gasteiger partial charge in [0.25, 0.3) is 0 Å². The summed E-state index contributed by atoms with van der Waals surface area (Å²) in [5.41, 5.74) is -0.953. The summed E-state index contributed by atoms with van der Waals surface area (Å²) >= 11 is 0. The molecule has 2 N–H and O–H groups in total. The standard InChI is InChI=1S/C18H22F3N3O4/c1-17(2,3)28-16(25)24-14(13-9-26-6-7-27-13)15-22-11-5-4-10(18(19,20)21)8-12(11)23-15/h4-5,8,13-14H,6-7,9H2,1-3H3,(H,22,23)(H,24,25)/t13-,14+/m1/s1. The lowest BCUT2D eigenvalue weighted by Gasteiger charge is -2.30. The van der Waals surface area contributed by atoms with Crippen molar-refractivity contribution in [3.63, 3.8) is 0 Å². The molecule has 0 unspecified atom stereocenters. The van der Waals surface area contributed by atoms with Gasteiger partial charge < -0.3 is 24.5 Å². The molecule has 0 aliphatic carbocycles. The maximum Gasteiger partial charge on any atom is 0.416 e. The van der Waals surface area contributed by atoms with Crippen LogP contribution in [-0.4, -0.2) is 47.6 Å². The number of ether oxygens (including phenoxy) is 3. The third-order valence-corrected chi connectivity index (χ3v) is 4.01. The molecule has 0 saturated carbocycles. The van der Waals surface area contributed by atoms with Gasteiger partial charge in [0.2, 0.25) is 0 Å². The molecule has 1 amide bonds. The first-order valence-corrected chi connectivity index (χ1v) is 8.79. The number of hydrogen-bond acceptors (Lipinski definition) is 5. The number of amides is 1. The number of carbonyl (C=O) groups excluding carboxylic acids is 1. The molecule has 10 heteroatoms. The quantitative estimate of drug-likeness (QED) is 0.822. The van der Waals surface area contributed by atoms with E-state index in [2.05, 4.69) is 15.3 Å². The summed E-state index contributed by atoms with van der Waals surface area (Å²) in [6.45, 7) is 6.12. The van der Waals surface area contributed by atoms with Gasteiger partial charge in [0.15, 0.2) is 0 Å². The number of rotatable bonds is 3. The van der Waals surface area contributed by atoms with Gasteiger partial charge in [-0.3, -0.25) is 0 Å². The Bertz CT molecular complexity index is 839. The third-order valence-electron chi connectivity index (χ3n) is 4.01. The van der Waals surface area contributed by atoms with Crippen molar-refractivity contribution >= 4 is 17.1 Å². The van der Waals surface area contributed by atoms with Gasteiger partial charge in [0, 0.05) is 0 Å². The first-order valence-electron chi connectivity index (χ1n) is 8.79. The molecule has 154 valence electrons. The van der Waals surface area contributed by atoms with E-state index < -0.39 is 35.6 Å². The van der Waals surface area contributed by atoms with Crippen molar-refractivity contribution in [1.29, 1.82) is 0 Å². The Kier molecular flexibility index (Phi) is 5.53. The molecular formula is C18H22F3N3O4. The van der Waals surface area contributed by atoms with E-state index in [1.54, 1.807) is 20.8 Å². The molecule has 1 saturated heterocycles. The van der Waals surface area contributed by atoms with E-state index in [0.717, 1.165) is 12.1 Å². The molecule has 2 atom stereocenters. The molecule has 7 nitrogen and oxygen atoms in total. The van der Waals surface area contributed by atoms with Crippen LogP contribution in [0.1, 0.15) is 38.2 Å². The number of H-pyrrole nitrogens is 1. The molecule has 2 heterocycles. The Labute approximate surface area is 159 Å². The van der Waals surface area contributed by atoms with Gasteiger partial charge in [-0.15, -0.1) is 0 Å². The van der Waals surface area contributed by atoms with Gasteiger partial charge in [-0.25, -0.2) is 9.78 Å². The molecule has 1 aliphatic rings. The van der Waals surface area contributed by atoms with Crippen molar-refractivity contribution in [2.24, 2.45) is 0 Å². The maximum absolute atomic E-state index is 13.0. The number of aromatic nitrogens is 2. The molecule has 0 spiro atoms. The van der Waals surface area contributed by atoms with Crippen molar-refractivity contribution < 1.29 is 32.2 Å². The number of nitrogens with zero attached hydrogens (tertiary/aromatic N) is 1. The van der Waals surface area contributed by atoms with Crippen LogP contribution < -0.4 is 5.32 Å². The highest BCUT2D eigenvalue weighted by Crippen LogP contribution is 2.31. The summed E-state index contributed by atoms with van der Waals surface area (Å²) < 4.78 is 55.2. The summed E-state index contributed by atoms with van der Waals surface area (Å²) in [6, 6.07) is 2.44. The second kappa shape index (κ2) is 7.59. The van der Waals surface area contributed by atoms with E-state index in [4.69, 9.17) is 14.2 Å². The fraction of sp³-hybridized carbons (Fsp3) is 0.556.